The number of hydrogen-bond acceptors (Lipinski definition) is 5. The number of nitrogens with one attached hydrogen (secondary N) is 1. The summed E-state index contributed by atoms with van der Waals surface area (Å²) >= 11 is 0. The Morgan fingerprint density at radius 1 is 1.29 bits per heavy atom. The lowest BCUT2D eigenvalue weighted by atomic mass is 10.1. The molecule has 0 spiro atoms. The number of amides is 1. The average Bonchev–Trinajstić information content (AvgIpc) is 3.03. The van der Waals surface area contributed by atoms with Crippen molar-refractivity contribution in [1.29, 1.82) is 0 Å². The number of carbonyl (C=O) groups excluding carboxylic acids is 1. The minimum Gasteiger partial charge on any atom is -0.490 e. The van der Waals surface area contributed by atoms with Gasteiger partial charge < -0.3 is 10.1 Å². The van der Waals surface area contributed by atoms with Crippen LogP contribution >= 0.6 is 0 Å². The fourth-order valence-electron chi connectivity index (χ4n) is 3.44. The molecular formula is C17H21N5O2. The zero-order valence-electron chi connectivity index (χ0n) is 13.7. The van der Waals surface area contributed by atoms with E-state index < -0.39 is 0 Å². The van der Waals surface area contributed by atoms with Crippen molar-refractivity contribution in [3.05, 3.63) is 35.7 Å². The number of benzene rings is 1. The van der Waals surface area contributed by atoms with Crippen LogP contribution in [-0.4, -0.2) is 47.1 Å². The Bertz CT molecular complexity index is 751. The molecule has 0 saturated carbocycles. The molecule has 3 heterocycles. The van der Waals surface area contributed by atoms with Crippen molar-refractivity contribution >= 4 is 11.6 Å². The van der Waals surface area contributed by atoms with Crippen LogP contribution in [0.4, 0.5) is 5.69 Å². The van der Waals surface area contributed by atoms with Gasteiger partial charge in [0.1, 0.15) is 12.4 Å². The highest BCUT2D eigenvalue weighted by molar-refractivity contribution is 6.06. The predicted octanol–water partition coefficient (Wildman–Crippen LogP) is 1.55. The summed E-state index contributed by atoms with van der Waals surface area (Å²) in [6.45, 7) is 4.90. The minimum atomic E-state index is -0.108. The third-order valence-corrected chi connectivity index (χ3v) is 4.76. The molecular weight excluding hydrogens is 306 g/mol. The van der Waals surface area contributed by atoms with Gasteiger partial charge in [-0.1, -0.05) is 17.3 Å². The molecule has 2 aliphatic rings. The molecule has 4 rings (SSSR count). The Hall–Kier alpha value is -2.41. The van der Waals surface area contributed by atoms with E-state index in [-0.39, 0.29) is 5.91 Å². The Morgan fingerprint density at radius 2 is 2.08 bits per heavy atom. The van der Waals surface area contributed by atoms with Crippen LogP contribution in [0.3, 0.4) is 0 Å². The molecule has 0 radical (unpaired) electrons. The number of aromatic nitrogens is 3. The third kappa shape index (κ3) is 2.54. The molecule has 24 heavy (non-hydrogen) atoms. The van der Waals surface area contributed by atoms with E-state index in [1.807, 2.05) is 35.9 Å². The SMILES string of the molecule is Cc1c(C(=O)N2CCOc3ccccc32)nnn1C1CCNCC1. The molecule has 2 aromatic rings. The first-order valence-electron chi connectivity index (χ1n) is 8.42. The van der Waals surface area contributed by atoms with E-state index in [0.717, 1.165) is 43.1 Å². The maximum atomic E-state index is 13.0. The van der Waals surface area contributed by atoms with E-state index in [1.165, 1.54) is 0 Å². The van der Waals surface area contributed by atoms with Crippen LogP contribution in [0.25, 0.3) is 0 Å². The minimum absolute atomic E-state index is 0.108. The largest absolute Gasteiger partial charge is 0.490 e. The van der Waals surface area contributed by atoms with Crippen molar-refractivity contribution in [1.82, 2.24) is 20.3 Å². The summed E-state index contributed by atoms with van der Waals surface area (Å²) in [6.07, 6.45) is 2.02. The van der Waals surface area contributed by atoms with Crippen molar-refractivity contribution in [2.24, 2.45) is 0 Å². The number of ether oxygens (including phenoxy) is 1. The van der Waals surface area contributed by atoms with Gasteiger partial charge >= 0.3 is 0 Å². The number of carbonyl (C=O) groups is 1. The van der Waals surface area contributed by atoms with Crippen molar-refractivity contribution in [2.45, 2.75) is 25.8 Å². The van der Waals surface area contributed by atoms with Gasteiger partial charge in [-0.25, -0.2) is 4.68 Å². The monoisotopic (exact) mass is 327 g/mol. The molecule has 0 atom stereocenters. The molecule has 0 bridgehead atoms. The highest BCUT2D eigenvalue weighted by Gasteiger charge is 2.29. The first-order chi connectivity index (χ1) is 11.8. The summed E-state index contributed by atoms with van der Waals surface area (Å²) in [7, 11) is 0. The Kier molecular flexibility index (Phi) is 3.93. The molecule has 0 unspecified atom stereocenters. The smallest absolute Gasteiger partial charge is 0.280 e. The zero-order valence-corrected chi connectivity index (χ0v) is 13.7. The molecule has 1 saturated heterocycles. The fraction of sp³-hybridized carbons (Fsp3) is 0.471. The van der Waals surface area contributed by atoms with E-state index >= 15 is 0 Å². The topological polar surface area (TPSA) is 72.3 Å². The van der Waals surface area contributed by atoms with Crippen molar-refractivity contribution in [3.63, 3.8) is 0 Å². The normalized spacial score (nSPS) is 18.1. The molecule has 1 fully saturated rings. The van der Waals surface area contributed by atoms with E-state index in [2.05, 4.69) is 15.6 Å². The van der Waals surface area contributed by atoms with Gasteiger partial charge in [0.15, 0.2) is 5.69 Å². The van der Waals surface area contributed by atoms with E-state index in [9.17, 15) is 4.79 Å². The molecule has 1 N–H and O–H groups in total. The Balaban J connectivity index is 1.63. The zero-order chi connectivity index (χ0) is 16.5. The molecule has 1 aromatic heterocycles. The summed E-state index contributed by atoms with van der Waals surface area (Å²) in [5, 5.41) is 11.8. The standard InChI is InChI=1S/C17H21N5O2/c1-12-16(19-20-22(12)13-6-8-18-9-7-13)17(23)21-10-11-24-15-5-3-2-4-14(15)21/h2-5,13,18H,6-11H2,1H3. The van der Waals surface area contributed by atoms with Crippen LogP contribution in [0.1, 0.15) is 35.1 Å². The van der Waals surface area contributed by atoms with Crippen molar-refractivity contribution < 1.29 is 9.53 Å². The first kappa shape index (κ1) is 15.1. The van der Waals surface area contributed by atoms with Gasteiger partial charge in [0.05, 0.1) is 24.0 Å². The van der Waals surface area contributed by atoms with Gasteiger partial charge in [-0.05, 0) is 45.0 Å². The molecule has 0 aliphatic carbocycles. The van der Waals surface area contributed by atoms with E-state index in [4.69, 9.17) is 4.74 Å². The van der Waals surface area contributed by atoms with Crippen LogP contribution in [-0.2, 0) is 0 Å². The second-order valence-electron chi connectivity index (χ2n) is 6.22. The van der Waals surface area contributed by atoms with Gasteiger partial charge in [-0.15, -0.1) is 5.10 Å². The van der Waals surface area contributed by atoms with E-state index in [0.29, 0.717) is 24.9 Å². The summed E-state index contributed by atoms with van der Waals surface area (Å²) in [4.78, 5) is 14.8. The molecule has 126 valence electrons. The van der Waals surface area contributed by atoms with Gasteiger partial charge in [0.2, 0.25) is 0 Å². The molecule has 7 nitrogen and oxygen atoms in total. The number of hydrogen-bond donors (Lipinski definition) is 1. The van der Waals surface area contributed by atoms with Crippen LogP contribution in [0.15, 0.2) is 24.3 Å². The Labute approximate surface area is 140 Å². The lowest BCUT2D eigenvalue weighted by molar-refractivity contribution is 0.0971. The van der Waals surface area contributed by atoms with Gasteiger partial charge in [-0.3, -0.25) is 9.69 Å². The van der Waals surface area contributed by atoms with Crippen LogP contribution in [0, 0.1) is 6.92 Å². The summed E-state index contributed by atoms with van der Waals surface area (Å²) in [5.74, 6) is 0.629. The second kappa shape index (κ2) is 6.24. The summed E-state index contributed by atoms with van der Waals surface area (Å²) in [6, 6.07) is 7.92. The molecule has 7 heteroatoms. The molecule has 1 aromatic carbocycles. The molecule has 2 aliphatic heterocycles. The maximum Gasteiger partial charge on any atom is 0.280 e. The highest BCUT2D eigenvalue weighted by atomic mass is 16.5. The number of anilines is 1. The van der Waals surface area contributed by atoms with Gasteiger partial charge in [0, 0.05) is 0 Å². The van der Waals surface area contributed by atoms with Gasteiger partial charge in [0.25, 0.3) is 5.91 Å². The Morgan fingerprint density at radius 3 is 2.92 bits per heavy atom. The van der Waals surface area contributed by atoms with Crippen LogP contribution in [0.2, 0.25) is 0 Å². The second-order valence-corrected chi connectivity index (χ2v) is 6.22. The number of fused-ring (bicyclic) bond motifs is 1. The summed E-state index contributed by atoms with van der Waals surface area (Å²) < 4.78 is 7.55. The predicted molar refractivity (Wildman–Crippen MR) is 89.5 cm³/mol. The van der Waals surface area contributed by atoms with Crippen LogP contribution < -0.4 is 15.0 Å². The van der Waals surface area contributed by atoms with Gasteiger partial charge in [-0.2, -0.15) is 0 Å². The lowest BCUT2D eigenvalue weighted by Crippen LogP contribution is -2.38. The number of nitrogens with zero attached hydrogens (tertiary/aromatic N) is 4. The average molecular weight is 327 g/mol. The first-order valence-corrected chi connectivity index (χ1v) is 8.42. The molecule has 1 amide bonds. The highest BCUT2D eigenvalue weighted by Crippen LogP contribution is 2.32. The summed E-state index contributed by atoms with van der Waals surface area (Å²) in [5.41, 5.74) is 2.07. The van der Waals surface area contributed by atoms with Crippen molar-refractivity contribution in [3.8, 4) is 5.75 Å². The van der Waals surface area contributed by atoms with E-state index in [1.54, 1.807) is 4.90 Å². The third-order valence-electron chi connectivity index (χ3n) is 4.76. The quantitative estimate of drug-likeness (QED) is 0.906. The number of piperidine rings is 1. The fourth-order valence-corrected chi connectivity index (χ4v) is 3.44. The maximum absolute atomic E-state index is 13.0. The van der Waals surface area contributed by atoms with Crippen LogP contribution in [0.5, 0.6) is 5.75 Å². The number of para-hydroxylation sites is 2. The lowest BCUT2D eigenvalue weighted by Gasteiger charge is -2.29. The van der Waals surface area contributed by atoms with Crippen molar-refractivity contribution in [2.75, 3.05) is 31.1 Å². The number of rotatable bonds is 2.